The lowest BCUT2D eigenvalue weighted by Gasteiger charge is -2.21. The molecule has 6 nitrogen and oxygen atoms in total. The van der Waals surface area contributed by atoms with Crippen molar-refractivity contribution in [3.05, 3.63) is 72.4 Å². The molecular weight excluding hydrogens is 347 g/mol. The van der Waals surface area contributed by atoms with Gasteiger partial charge in [0.2, 0.25) is 0 Å². The summed E-state index contributed by atoms with van der Waals surface area (Å²) in [5.41, 5.74) is 0.553. The van der Waals surface area contributed by atoms with E-state index in [1.807, 2.05) is 0 Å². The maximum absolute atomic E-state index is 12.9. The second-order valence-corrected chi connectivity index (χ2v) is 5.50. The fraction of sp³-hybridized carbons (Fsp3) is 0.176. The molecule has 26 heavy (non-hydrogen) atoms. The predicted octanol–water partition coefficient (Wildman–Crippen LogP) is 3.09. The number of hydrogen-bond donors (Lipinski definition) is 1. The van der Waals surface area contributed by atoms with E-state index in [4.69, 9.17) is 0 Å². The number of nitrogens with one attached hydrogen (secondary N) is 1. The van der Waals surface area contributed by atoms with Crippen LogP contribution in [0.25, 0.3) is 5.82 Å². The summed E-state index contributed by atoms with van der Waals surface area (Å²) in [7, 11) is 0. The molecular formula is C17H14F3N5O. The lowest BCUT2D eigenvalue weighted by Crippen LogP contribution is -2.32. The molecule has 0 fully saturated rings. The molecule has 1 aromatic carbocycles. The van der Waals surface area contributed by atoms with Gasteiger partial charge in [-0.3, -0.25) is 4.79 Å². The fourth-order valence-electron chi connectivity index (χ4n) is 2.42. The van der Waals surface area contributed by atoms with Gasteiger partial charge in [-0.1, -0.05) is 30.3 Å². The number of hydrogen-bond acceptors (Lipinski definition) is 4. The minimum Gasteiger partial charge on any atom is -0.345 e. The van der Waals surface area contributed by atoms with Gasteiger partial charge < -0.3 is 5.32 Å². The smallest absolute Gasteiger partial charge is 0.345 e. The van der Waals surface area contributed by atoms with Crippen molar-refractivity contribution in [3.63, 3.8) is 0 Å². The third kappa shape index (κ3) is 4.44. The van der Waals surface area contributed by atoms with Gasteiger partial charge in [-0.15, -0.1) is 0 Å². The second kappa shape index (κ2) is 7.34. The molecule has 0 aliphatic carbocycles. The molecule has 3 rings (SSSR count). The quantitative estimate of drug-likeness (QED) is 0.758. The first kappa shape index (κ1) is 17.6. The van der Waals surface area contributed by atoms with Crippen LogP contribution in [0.4, 0.5) is 13.2 Å². The van der Waals surface area contributed by atoms with Crippen LogP contribution in [0.5, 0.6) is 0 Å². The van der Waals surface area contributed by atoms with E-state index in [0.29, 0.717) is 11.4 Å². The molecule has 0 saturated heterocycles. The second-order valence-electron chi connectivity index (χ2n) is 5.50. The van der Waals surface area contributed by atoms with Crippen molar-refractivity contribution in [2.45, 2.75) is 18.6 Å². The van der Waals surface area contributed by atoms with Gasteiger partial charge in [-0.05, 0) is 17.7 Å². The Bertz CT molecular complexity index is 866. The number of nitrogens with zero attached hydrogens (tertiary/aromatic N) is 4. The zero-order chi connectivity index (χ0) is 18.6. The zero-order valence-corrected chi connectivity index (χ0v) is 13.4. The molecule has 0 radical (unpaired) electrons. The topological polar surface area (TPSA) is 72.7 Å². The summed E-state index contributed by atoms with van der Waals surface area (Å²) in [5, 5.41) is 6.35. The molecule has 134 valence electrons. The highest BCUT2D eigenvalue weighted by molar-refractivity contribution is 5.94. The predicted molar refractivity (Wildman–Crippen MR) is 86.5 cm³/mol. The summed E-state index contributed by atoms with van der Waals surface area (Å²) in [4.78, 5) is 20.3. The van der Waals surface area contributed by atoms with E-state index in [2.05, 4.69) is 20.4 Å². The summed E-state index contributed by atoms with van der Waals surface area (Å²) in [6, 6.07) is 9.70. The van der Waals surface area contributed by atoms with Crippen molar-refractivity contribution >= 4 is 5.91 Å². The average molecular weight is 361 g/mol. The van der Waals surface area contributed by atoms with Crippen LogP contribution >= 0.6 is 0 Å². The number of pyridine rings is 1. The normalized spacial score (nSPS) is 12.6. The number of benzene rings is 1. The first-order chi connectivity index (χ1) is 12.4. The molecule has 1 amide bonds. The zero-order valence-electron chi connectivity index (χ0n) is 13.4. The molecule has 2 heterocycles. The van der Waals surface area contributed by atoms with E-state index in [1.54, 1.807) is 30.3 Å². The Morgan fingerprint density at radius 1 is 1.19 bits per heavy atom. The molecule has 0 spiro atoms. The van der Waals surface area contributed by atoms with Crippen LogP contribution in [0.15, 0.2) is 61.3 Å². The number of halogens is 3. The van der Waals surface area contributed by atoms with Gasteiger partial charge in [0.05, 0.1) is 12.5 Å². The molecule has 1 unspecified atom stereocenters. The largest absolute Gasteiger partial charge is 0.391 e. The lowest BCUT2D eigenvalue weighted by molar-refractivity contribution is -0.139. The van der Waals surface area contributed by atoms with E-state index in [0.717, 1.165) is 0 Å². The van der Waals surface area contributed by atoms with Gasteiger partial charge >= 0.3 is 6.18 Å². The van der Waals surface area contributed by atoms with Crippen molar-refractivity contribution < 1.29 is 18.0 Å². The molecule has 2 aromatic heterocycles. The van der Waals surface area contributed by atoms with Crippen LogP contribution in [0.3, 0.4) is 0 Å². The van der Waals surface area contributed by atoms with Gasteiger partial charge in [0.15, 0.2) is 5.82 Å². The molecule has 0 aliphatic rings. The number of carbonyl (C=O) groups is 1. The highest BCUT2D eigenvalue weighted by Gasteiger charge is 2.33. The van der Waals surface area contributed by atoms with E-state index in [9.17, 15) is 18.0 Å². The lowest BCUT2D eigenvalue weighted by atomic mass is 10.0. The summed E-state index contributed by atoms with van der Waals surface area (Å²) in [6.07, 6.45) is -1.49. The van der Waals surface area contributed by atoms with Crippen molar-refractivity contribution in [3.8, 4) is 5.82 Å². The first-order valence-electron chi connectivity index (χ1n) is 7.66. The maximum Gasteiger partial charge on any atom is 0.391 e. The number of carbonyl (C=O) groups excluding carboxylic acids is 1. The first-order valence-corrected chi connectivity index (χ1v) is 7.66. The van der Waals surface area contributed by atoms with Gasteiger partial charge in [0, 0.05) is 11.8 Å². The highest BCUT2D eigenvalue weighted by atomic mass is 19.4. The maximum atomic E-state index is 12.9. The Morgan fingerprint density at radius 2 is 1.96 bits per heavy atom. The Hall–Kier alpha value is -3.23. The molecule has 0 saturated carbocycles. The number of amides is 1. The van der Waals surface area contributed by atoms with E-state index in [-0.39, 0.29) is 5.56 Å². The van der Waals surface area contributed by atoms with Gasteiger partial charge in [-0.2, -0.15) is 18.3 Å². The van der Waals surface area contributed by atoms with Crippen molar-refractivity contribution in [2.75, 3.05) is 0 Å². The van der Waals surface area contributed by atoms with Gasteiger partial charge in [0.1, 0.15) is 12.7 Å². The molecule has 9 heteroatoms. The van der Waals surface area contributed by atoms with Crippen molar-refractivity contribution in [1.29, 1.82) is 0 Å². The van der Waals surface area contributed by atoms with Gasteiger partial charge in [0.25, 0.3) is 5.91 Å². The van der Waals surface area contributed by atoms with Crippen LogP contribution in [0.2, 0.25) is 0 Å². The van der Waals surface area contributed by atoms with Crippen molar-refractivity contribution in [1.82, 2.24) is 25.1 Å². The van der Waals surface area contributed by atoms with E-state index in [1.165, 1.54) is 35.7 Å². The summed E-state index contributed by atoms with van der Waals surface area (Å²) in [6.45, 7) is 0. The summed E-state index contributed by atoms with van der Waals surface area (Å²) >= 11 is 0. The van der Waals surface area contributed by atoms with Crippen LogP contribution in [0.1, 0.15) is 28.4 Å². The molecule has 1 N–H and O–H groups in total. The SMILES string of the molecule is O=C(NC(CC(F)(F)F)c1ccccc1)c1ccnc(-n2cncn2)c1. The minimum absolute atomic E-state index is 0.175. The monoisotopic (exact) mass is 361 g/mol. The third-order valence-electron chi connectivity index (χ3n) is 3.60. The van der Waals surface area contributed by atoms with E-state index >= 15 is 0 Å². The number of aromatic nitrogens is 4. The Balaban J connectivity index is 1.83. The minimum atomic E-state index is -4.42. The molecule has 1 atom stereocenters. The number of rotatable bonds is 5. The Kier molecular flexibility index (Phi) is 4.97. The summed E-state index contributed by atoms with van der Waals surface area (Å²) < 4.78 is 40.1. The average Bonchev–Trinajstić information content (AvgIpc) is 3.15. The van der Waals surface area contributed by atoms with Crippen LogP contribution in [-0.4, -0.2) is 31.8 Å². The highest BCUT2D eigenvalue weighted by Crippen LogP contribution is 2.29. The summed E-state index contributed by atoms with van der Waals surface area (Å²) in [5.74, 6) is -0.297. The van der Waals surface area contributed by atoms with Gasteiger partial charge in [-0.25, -0.2) is 14.6 Å². The van der Waals surface area contributed by atoms with E-state index < -0.39 is 24.5 Å². The van der Waals surface area contributed by atoms with Crippen LogP contribution in [0, 0.1) is 0 Å². The Morgan fingerprint density at radius 3 is 2.62 bits per heavy atom. The molecule has 3 aromatic rings. The van der Waals surface area contributed by atoms with Crippen LogP contribution in [-0.2, 0) is 0 Å². The third-order valence-corrected chi connectivity index (χ3v) is 3.60. The Labute approximate surface area is 146 Å². The van der Waals surface area contributed by atoms with Crippen molar-refractivity contribution in [2.24, 2.45) is 0 Å². The fourth-order valence-corrected chi connectivity index (χ4v) is 2.42. The molecule has 0 aliphatic heterocycles. The number of alkyl halides is 3. The molecule has 0 bridgehead atoms. The standard InChI is InChI=1S/C17H14F3N5O/c18-17(19,20)9-14(12-4-2-1-3-5-12)24-16(26)13-6-7-22-15(8-13)25-11-21-10-23-25/h1-8,10-11,14H,9H2,(H,24,26). The van der Waals surface area contributed by atoms with Crippen LogP contribution < -0.4 is 5.32 Å².